The smallest absolute Gasteiger partial charge is 0.0789 e. The van der Waals surface area contributed by atoms with Gasteiger partial charge in [0.05, 0.1) is 5.54 Å². The van der Waals surface area contributed by atoms with Crippen molar-refractivity contribution in [2.45, 2.75) is 54.0 Å². The van der Waals surface area contributed by atoms with Gasteiger partial charge in [-0.25, -0.2) is 0 Å². The fourth-order valence-corrected chi connectivity index (χ4v) is 6.63. The minimum absolute atomic E-state index is 0.309. The van der Waals surface area contributed by atoms with Gasteiger partial charge in [-0.1, -0.05) is 196 Å². The first-order valence-corrected chi connectivity index (χ1v) is 19.5. The molecule has 0 saturated carbocycles. The van der Waals surface area contributed by atoms with E-state index in [1.54, 1.807) is 0 Å². The highest BCUT2D eigenvalue weighted by atomic mass is 32.1. The number of hydrogen-bond donors (Lipinski definition) is 0. The Morgan fingerprint density at radius 2 is 1.30 bits per heavy atom. The molecule has 272 valence electrons. The Bertz CT molecular complexity index is 2080. The van der Waals surface area contributed by atoms with E-state index in [1.807, 2.05) is 45.1 Å². The van der Waals surface area contributed by atoms with Gasteiger partial charge in [-0.2, -0.15) is 0 Å². The Morgan fingerprint density at radius 3 is 2.00 bits per heavy atom. The second-order valence-electron chi connectivity index (χ2n) is 12.5. The van der Waals surface area contributed by atoms with Crippen LogP contribution in [0.2, 0.25) is 0 Å². The van der Waals surface area contributed by atoms with Crippen molar-refractivity contribution in [2.24, 2.45) is 5.41 Å². The monoisotopic (exact) mass is 715 g/mol. The van der Waals surface area contributed by atoms with Crippen LogP contribution in [0.5, 0.6) is 0 Å². The summed E-state index contributed by atoms with van der Waals surface area (Å²) < 4.78 is 2.55. The van der Waals surface area contributed by atoms with Crippen molar-refractivity contribution in [3.05, 3.63) is 222 Å². The lowest BCUT2D eigenvalue weighted by Gasteiger charge is -2.37. The summed E-state index contributed by atoms with van der Waals surface area (Å²) >= 11 is 1.83. The van der Waals surface area contributed by atoms with Gasteiger partial charge in [0.2, 0.25) is 0 Å². The summed E-state index contributed by atoms with van der Waals surface area (Å²) in [6.07, 6.45) is 57.9. The van der Waals surface area contributed by atoms with Crippen LogP contribution in [0.15, 0.2) is 206 Å². The van der Waals surface area contributed by atoms with Crippen LogP contribution in [-0.2, 0) is 0 Å². The predicted molar refractivity (Wildman–Crippen MR) is 241 cm³/mol. The SMILES string of the molecule is C/C=C\C=C/C(C)(/C=C\C=C\N(C(/C=C\C=C\c1ccccc1)=C/C=C\C)C1(C)C=CC=CC=C1)/C=C/C=c1/sc2ccccc2/c1=C/C=C\C.CC. The molecule has 0 saturated heterocycles. The van der Waals surface area contributed by atoms with Crippen molar-refractivity contribution in [3.8, 4) is 0 Å². The van der Waals surface area contributed by atoms with Crippen molar-refractivity contribution >= 4 is 39.7 Å². The molecule has 0 fully saturated rings. The molecule has 0 aliphatic heterocycles. The quantitative estimate of drug-likeness (QED) is 0.150. The maximum atomic E-state index is 2.31. The van der Waals surface area contributed by atoms with Crippen LogP contribution >= 0.6 is 11.3 Å². The molecule has 1 aromatic heterocycles. The van der Waals surface area contributed by atoms with Crippen LogP contribution in [0, 0.1) is 5.41 Å². The Hall–Kier alpha value is -5.44. The second-order valence-corrected chi connectivity index (χ2v) is 13.6. The number of benzene rings is 2. The highest BCUT2D eigenvalue weighted by Gasteiger charge is 2.26. The molecule has 53 heavy (non-hydrogen) atoms. The molecule has 1 nitrogen and oxygen atoms in total. The highest BCUT2D eigenvalue weighted by Crippen LogP contribution is 2.28. The Labute approximate surface area is 324 Å². The summed E-state index contributed by atoms with van der Waals surface area (Å²) in [6.45, 7) is 14.6. The normalized spacial score (nSPS) is 17.1. The first-order valence-electron chi connectivity index (χ1n) is 18.6. The minimum atomic E-state index is -0.384. The fraction of sp³-hybridized carbons (Fsp3) is 0.176. The van der Waals surface area contributed by atoms with E-state index in [1.165, 1.54) is 25.4 Å². The van der Waals surface area contributed by atoms with E-state index in [4.69, 9.17) is 0 Å². The lowest BCUT2D eigenvalue weighted by molar-refractivity contribution is 0.340. The molecule has 0 amide bonds. The molecule has 2 aromatic carbocycles. The number of fused-ring (bicyclic) bond motifs is 1. The van der Waals surface area contributed by atoms with Gasteiger partial charge < -0.3 is 4.90 Å². The molecule has 0 spiro atoms. The molecule has 3 aromatic rings. The summed E-state index contributed by atoms with van der Waals surface area (Å²) in [6, 6.07) is 19.0. The molecule has 1 atom stereocenters. The van der Waals surface area contributed by atoms with Crippen molar-refractivity contribution in [1.29, 1.82) is 0 Å². The predicted octanol–water partition coefficient (Wildman–Crippen LogP) is 13.3. The highest BCUT2D eigenvalue weighted by molar-refractivity contribution is 7.17. The van der Waals surface area contributed by atoms with Crippen LogP contribution < -0.4 is 9.75 Å². The molecule has 0 bridgehead atoms. The Kier molecular flexibility index (Phi) is 18.4. The summed E-state index contributed by atoms with van der Waals surface area (Å²) in [7, 11) is 0. The number of nitrogens with zero attached hydrogens (tertiary/aromatic N) is 1. The molecular weight excluding hydrogens is 659 g/mol. The third-order valence-electron chi connectivity index (χ3n) is 8.31. The number of rotatable bonds is 14. The lowest BCUT2D eigenvalue weighted by atomic mass is 9.88. The first-order chi connectivity index (χ1) is 25.9. The fourth-order valence-electron chi connectivity index (χ4n) is 5.52. The van der Waals surface area contributed by atoms with E-state index in [0.29, 0.717) is 0 Å². The molecule has 4 rings (SSSR count). The van der Waals surface area contributed by atoms with Crippen LogP contribution in [0.3, 0.4) is 0 Å². The van der Waals surface area contributed by atoms with E-state index >= 15 is 0 Å². The standard InChI is InChI=1S/C49H51NS.C2H6/c1-6-9-21-36-48(4,38-26-35-47-44(32-11-8-3)45-33-19-20-34-46(45)51-47)37-24-25-41-50(49(5)39-22-12-13-23-40-49)43(30-10-7-2)31-18-17-29-42-27-15-14-16-28-42;1-2/h6-41H,1-5H3;1-2H3/b9-6-,10-7-,11-8-,29-17+,31-18-,36-21-,37-24-,38-26+,41-25+,43-30+,44-32-,47-35+;. The minimum Gasteiger partial charge on any atom is -0.335 e. The van der Waals surface area contributed by atoms with Gasteiger partial charge in [-0.3, -0.25) is 0 Å². The average Bonchev–Trinajstić information content (AvgIpc) is 3.37. The van der Waals surface area contributed by atoms with Crippen LogP contribution in [0.4, 0.5) is 0 Å². The summed E-state index contributed by atoms with van der Waals surface area (Å²) in [5, 5.41) is 2.55. The van der Waals surface area contributed by atoms with Gasteiger partial charge in [0.15, 0.2) is 0 Å². The summed E-state index contributed by atoms with van der Waals surface area (Å²) in [5.41, 5.74) is 1.54. The third-order valence-corrected chi connectivity index (χ3v) is 9.46. The average molecular weight is 716 g/mol. The van der Waals surface area contributed by atoms with Crippen LogP contribution in [0.1, 0.15) is 54.0 Å². The summed E-state index contributed by atoms with van der Waals surface area (Å²) in [5.74, 6) is 0. The Balaban J connectivity index is 0.00000372. The third kappa shape index (κ3) is 13.6. The Morgan fingerprint density at radius 1 is 0.660 bits per heavy atom. The van der Waals surface area contributed by atoms with Crippen molar-refractivity contribution in [1.82, 2.24) is 4.90 Å². The van der Waals surface area contributed by atoms with Gasteiger partial charge in [0, 0.05) is 37.1 Å². The maximum Gasteiger partial charge on any atom is 0.0789 e. The van der Waals surface area contributed by atoms with Crippen molar-refractivity contribution in [2.75, 3.05) is 0 Å². The molecule has 1 aliphatic carbocycles. The van der Waals surface area contributed by atoms with Crippen molar-refractivity contribution < 1.29 is 0 Å². The van der Waals surface area contributed by atoms with Crippen LogP contribution in [-0.4, -0.2) is 10.4 Å². The van der Waals surface area contributed by atoms with E-state index in [0.717, 1.165) is 5.70 Å². The zero-order valence-corrected chi connectivity index (χ0v) is 33.5. The largest absolute Gasteiger partial charge is 0.335 e. The van der Waals surface area contributed by atoms with Gasteiger partial charge in [0.1, 0.15) is 0 Å². The molecule has 1 heterocycles. The first kappa shape index (κ1) is 42.0. The van der Waals surface area contributed by atoms with E-state index < -0.39 is 0 Å². The number of allylic oxidation sites excluding steroid dienone is 21. The van der Waals surface area contributed by atoms with E-state index in [9.17, 15) is 0 Å². The molecule has 2 heteroatoms. The maximum absolute atomic E-state index is 2.31. The molecular formula is C51H57NS. The van der Waals surface area contributed by atoms with Gasteiger partial charge in [-0.05, 0) is 70.6 Å². The van der Waals surface area contributed by atoms with E-state index in [-0.39, 0.29) is 11.0 Å². The topological polar surface area (TPSA) is 3.24 Å². The molecule has 0 radical (unpaired) electrons. The summed E-state index contributed by atoms with van der Waals surface area (Å²) in [4.78, 5) is 2.31. The van der Waals surface area contributed by atoms with E-state index in [2.05, 4.69) is 238 Å². The molecule has 1 aliphatic rings. The van der Waals surface area contributed by atoms with Crippen LogP contribution in [0.25, 0.3) is 28.3 Å². The molecule has 1 unspecified atom stereocenters. The van der Waals surface area contributed by atoms with Gasteiger partial charge in [0.25, 0.3) is 0 Å². The van der Waals surface area contributed by atoms with Crippen molar-refractivity contribution in [3.63, 3.8) is 0 Å². The zero-order valence-electron chi connectivity index (χ0n) is 32.6. The molecule has 0 N–H and O–H groups in total. The second kappa shape index (κ2) is 23.2. The van der Waals surface area contributed by atoms with Gasteiger partial charge >= 0.3 is 0 Å². The number of hydrogen-bond acceptors (Lipinski definition) is 2. The lowest BCUT2D eigenvalue weighted by Crippen LogP contribution is -2.38. The number of thiophene rings is 1. The van der Waals surface area contributed by atoms with Gasteiger partial charge in [-0.15, -0.1) is 11.3 Å². The zero-order chi connectivity index (χ0) is 38.2.